The van der Waals surface area contributed by atoms with Crippen LogP contribution in [-0.4, -0.2) is 30.6 Å². The first kappa shape index (κ1) is 21.2. The summed E-state index contributed by atoms with van der Waals surface area (Å²) in [5, 5.41) is 26.4. The minimum atomic E-state index is 0.00896. The fraction of sp³-hybridized carbons (Fsp3) is 0.565. The molecule has 8 nitrogen and oxygen atoms in total. The highest BCUT2D eigenvalue weighted by atomic mass is 16.4. The van der Waals surface area contributed by atoms with Gasteiger partial charge in [0.05, 0.1) is 24.3 Å². The van der Waals surface area contributed by atoms with Crippen LogP contribution < -0.4 is 5.32 Å². The van der Waals surface area contributed by atoms with E-state index >= 15 is 0 Å². The number of fused-ring (bicyclic) bond motifs is 3. The van der Waals surface area contributed by atoms with Crippen molar-refractivity contribution < 1.29 is 5.21 Å². The molecule has 31 heavy (non-hydrogen) atoms. The number of aromatic nitrogens is 4. The molecule has 0 amide bonds. The van der Waals surface area contributed by atoms with E-state index < -0.39 is 0 Å². The molecule has 3 aromatic rings. The molecular weight excluding hydrogens is 390 g/mol. The highest BCUT2D eigenvalue weighted by Crippen LogP contribution is 2.37. The van der Waals surface area contributed by atoms with Gasteiger partial charge in [-0.3, -0.25) is 0 Å². The maximum Gasteiger partial charge on any atom is 0.142 e. The molecule has 0 saturated heterocycles. The molecule has 0 unspecified atom stereocenters. The Morgan fingerprint density at radius 3 is 2.81 bits per heavy atom. The largest absolute Gasteiger partial charge is 0.409 e. The number of nitrogens with one attached hydrogen (secondary N) is 2. The van der Waals surface area contributed by atoms with Gasteiger partial charge in [0.15, 0.2) is 0 Å². The number of hydrogen-bond donors (Lipinski definition) is 3. The second kappa shape index (κ2) is 8.58. The van der Waals surface area contributed by atoms with E-state index in [1.54, 1.807) is 0 Å². The van der Waals surface area contributed by atoms with Gasteiger partial charge in [-0.15, -0.1) is 0 Å². The van der Waals surface area contributed by atoms with Crippen molar-refractivity contribution in [3.8, 4) is 6.07 Å². The van der Waals surface area contributed by atoms with Crippen molar-refractivity contribution in [3.63, 3.8) is 0 Å². The molecule has 0 aliphatic heterocycles. The van der Waals surface area contributed by atoms with E-state index in [2.05, 4.69) is 57.9 Å². The first-order chi connectivity index (χ1) is 14.9. The Labute approximate surface area is 182 Å². The van der Waals surface area contributed by atoms with Crippen molar-refractivity contribution in [2.24, 2.45) is 16.5 Å². The average Bonchev–Trinajstić information content (AvgIpc) is 3.35. The van der Waals surface area contributed by atoms with Crippen LogP contribution in [0.5, 0.6) is 0 Å². The van der Waals surface area contributed by atoms with Crippen LogP contribution in [0.2, 0.25) is 0 Å². The molecule has 1 fully saturated rings. The fourth-order valence-electron chi connectivity index (χ4n) is 4.71. The number of pyridine rings is 1. The SMILES string of the molecule is CC(C)(C)CC(=NO)NCc1nc2cnc3[nH]ccc3c2n1[C@H]1CC[C@H](CC#N)CC1. The highest BCUT2D eigenvalue weighted by molar-refractivity contribution is 6.01. The van der Waals surface area contributed by atoms with Crippen LogP contribution in [-0.2, 0) is 6.54 Å². The van der Waals surface area contributed by atoms with Crippen LogP contribution in [0, 0.1) is 22.7 Å². The van der Waals surface area contributed by atoms with Crippen LogP contribution in [0.15, 0.2) is 23.6 Å². The molecule has 164 valence electrons. The molecule has 8 heteroatoms. The predicted molar refractivity (Wildman–Crippen MR) is 121 cm³/mol. The zero-order valence-electron chi connectivity index (χ0n) is 18.5. The molecule has 1 aliphatic rings. The minimum Gasteiger partial charge on any atom is -0.409 e. The predicted octanol–water partition coefficient (Wildman–Crippen LogP) is 4.87. The third kappa shape index (κ3) is 4.50. The third-order valence-electron chi connectivity index (χ3n) is 6.14. The van der Waals surface area contributed by atoms with Crippen molar-refractivity contribution >= 4 is 27.9 Å². The molecule has 0 bridgehead atoms. The van der Waals surface area contributed by atoms with Crippen molar-refractivity contribution in [2.75, 3.05) is 0 Å². The van der Waals surface area contributed by atoms with Crippen molar-refractivity contribution in [3.05, 3.63) is 24.3 Å². The standard InChI is InChI=1S/C23H31N7O/c1-23(2,3)12-19(29-31)26-14-20-28-18-13-27-22-17(9-11-25-22)21(18)30(20)16-6-4-15(5-7-16)8-10-24/h9,11,13,15-16,31H,4-8,12,14H2,1-3H3,(H,25,27)(H,26,29)/t15-,16-. The Bertz CT molecular complexity index is 1120. The summed E-state index contributed by atoms with van der Waals surface area (Å²) < 4.78 is 2.36. The molecule has 0 spiro atoms. The lowest BCUT2D eigenvalue weighted by Crippen LogP contribution is -2.29. The molecule has 1 aliphatic carbocycles. The Kier molecular flexibility index (Phi) is 5.86. The Balaban J connectivity index is 1.68. The Morgan fingerprint density at radius 2 is 2.13 bits per heavy atom. The lowest BCUT2D eigenvalue weighted by molar-refractivity contribution is 0.277. The number of nitriles is 1. The molecular formula is C23H31N7O. The lowest BCUT2D eigenvalue weighted by Gasteiger charge is -2.30. The van der Waals surface area contributed by atoms with Crippen molar-refractivity contribution in [1.82, 2.24) is 24.8 Å². The average molecular weight is 422 g/mol. The first-order valence-electron chi connectivity index (χ1n) is 11.0. The van der Waals surface area contributed by atoms with Gasteiger partial charge in [-0.25, -0.2) is 9.97 Å². The van der Waals surface area contributed by atoms with Gasteiger partial charge in [0, 0.05) is 30.5 Å². The number of oxime groups is 1. The van der Waals surface area contributed by atoms with Gasteiger partial charge in [-0.1, -0.05) is 25.9 Å². The molecule has 1 saturated carbocycles. The molecule has 3 heterocycles. The van der Waals surface area contributed by atoms with Crippen LogP contribution >= 0.6 is 0 Å². The third-order valence-corrected chi connectivity index (χ3v) is 6.14. The smallest absolute Gasteiger partial charge is 0.142 e. The monoisotopic (exact) mass is 421 g/mol. The number of rotatable bonds is 5. The quantitative estimate of drug-likeness (QED) is 0.235. The van der Waals surface area contributed by atoms with E-state index in [1.165, 1.54) is 0 Å². The van der Waals surface area contributed by atoms with Gasteiger partial charge in [0.25, 0.3) is 0 Å². The summed E-state index contributed by atoms with van der Waals surface area (Å²) in [5.74, 6) is 1.98. The number of hydrogen-bond acceptors (Lipinski definition) is 5. The maximum absolute atomic E-state index is 9.48. The van der Waals surface area contributed by atoms with E-state index in [0.29, 0.717) is 37.2 Å². The van der Waals surface area contributed by atoms with Gasteiger partial charge in [0.2, 0.25) is 0 Å². The lowest BCUT2D eigenvalue weighted by atomic mass is 9.84. The fourth-order valence-corrected chi connectivity index (χ4v) is 4.71. The number of H-pyrrole nitrogens is 1. The van der Waals surface area contributed by atoms with Gasteiger partial charge in [0.1, 0.15) is 22.8 Å². The molecule has 3 N–H and O–H groups in total. The normalized spacial score (nSPS) is 20.3. The zero-order valence-corrected chi connectivity index (χ0v) is 18.5. The van der Waals surface area contributed by atoms with Crippen LogP contribution in [0.4, 0.5) is 0 Å². The van der Waals surface area contributed by atoms with Gasteiger partial charge in [-0.05, 0) is 43.1 Å². The first-order valence-corrected chi connectivity index (χ1v) is 11.0. The summed E-state index contributed by atoms with van der Waals surface area (Å²) in [6, 6.07) is 4.71. The number of imidazole rings is 1. The Morgan fingerprint density at radius 1 is 1.35 bits per heavy atom. The van der Waals surface area contributed by atoms with E-state index in [9.17, 15) is 5.21 Å². The van der Waals surface area contributed by atoms with E-state index in [-0.39, 0.29) is 5.41 Å². The number of amidine groups is 1. The van der Waals surface area contributed by atoms with Gasteiger partial charge >= 0.3 is 0 Å². The van der Waals surface area contributed by atoms with Gasteiger partial charge < -0.3 is 20.1 Å². The number of nitrogens with zero attached hydrogens (tertiary/aromatic N) is 5. The van der Waals surface area contributed by atoms with E-state index in [0.717, 1.165) is 53.6 Å². The van der Waals surface area contributed by atoms with E-state index in [4.69, 9.17) is 10.2 Å². The summed E-state index contributed by atoms with van der Waals surface area (Å²) in [4.78, 5) is 12.6. The van der Waals surface area contributed by atoms with Crippen molar-refractivity contribution in [1.29, 1.82) is 5.26 Å². The van der Waals surface area contributed by atoms with Gasteiger partial charge in [-0.2, -0.15) is 5.26 Å². The van der Waals surface area contributed by atoms with Crippen LogP contribution in [0.1, 0.15) is 71.2 Å². The summed E-state index contributed by atoms with van der Waals surface area (Å²) in [7, 11) is 0. The highest BCUT2D eigenvalue weighted by Gasteiger charge is 2.27. The summed E-state index contributed by atoms with van der Waals surface area (Å²) >= 11 is 0. The molecule has 0 radical (unpaired) electrons. The molecule has 0 aromatic carbocycles. The number of aromatic amines is 1. The second-order valence-electron chi connectivity index (χ2n) is 9.80. The minimum absolute atomic E-state index is 0.00896. The van der Waals surface area contributed by atoms with E-state index in [1.807, 2.05) is 12.4 Å². The zero-order chi connectivity index (χ0) is 22.0. The topological polar surface area (TPSA) is 115 Å². The van der Waals surface area contributed by atoms with Crippen molar-refractivity contribution in [2.45, 2.75) is 71.9 Å². The summed E-state index contributed by atoms with van der Waals surface area (Å²) in [5.41, 5.74) is 2.85. The summed E-state index contributed by atoms with van der Waals surface area (Å²) in [6.45, 7) is 6.82. The molecule has 3 aromatic heterocycles. The second-order valence-corrected chi connectivity index (χ2v) is 9.80. The molecule has 4 rings (SSSR count). The molecule has 0 atom stereocenters. The summed E-state index contributed by atoms with van der Waals surface area (Å²) in [6.07, 6.45) is 9.19. The Hall–Kier alpha value is -3.08. The maximum atomic E-state index is 9.48. The van der Waals surface area contributed by atoms with Crippen LogP contribution in [0.25, 0.3) is 22.1 Å². The van der Waals surface area contributed by atoms with Crippen LogP contribution in [0.3, 0.4) is 0 Å².